The molecule has 0 bridgehead atoms. The van der Waals surface area contributed by atoms with E-state index in [4.69, 9.17) is 16.3 Å². The number of hydrogen-bond donors (Lipinski definition) is 0. The Kier molecular flexibility index (Phi) is 5.19. The Hall–Kier alpha value is -1.80. The first-order valence-corrected chi connectivity index (χ1v) is 7.07. The number of halogens is 1. The summed E-state index contributed by atoms with van der Waals surface area (Å²) in [5.74, 6) is 0.875. The lowest BCUT2D eigenvalue weighted by Gasteiger charge is -2.06. The Morgan fingerprint density at radius 1 is 1.15 bits per heavy atom. The number of carbonyl (C=O) groups is 1. The third-order valence-corrected chi connectivity index (χ3v) is 3.14. The molecular weight excluding hydrogens is 272 g/mol. The van der Waals surface area contributed by atoms with E-state index in [1.54, 1.807) is 18.2 Å². The quantitative estimate of drug-likeness (QED) is 0.729. The molecule has 0 saturated carbocycles. The van der Waals surface area contributed by atoms with E-state index in [-0.39, 0.29) is 5.78 Å². The van der Waals surface area contributed by atoms with Gasteiger partial charge in [0.05, 0.1) is 6.61 Å². The van der Waals surface area contributed by atoms with E-state index < -0.39 is 0 Å². The van der Waals surface area contributed by atoms with Crippen molar-refractivity contribution in [1.29, 1.82) is 0 Å². The van der Waals surface area contributed by atoms with Crippen molar-refractivity contribution >= 4 is 17.4 Å². The van der Waals surface area contributed by atoms with Crippen LogP contribution in [0.2, 0.25) is 5.02 Å². The van der Waals surface area contributed by atoms with Crippen LogP contribution in [0.1, 0.15) is 29.3 Å². The van der Waals surface area contributed by atoms with Crippen molar-refractivity contribution in [3.8, 4) is 5.75 Å². The van der Waals surface area contributed by atoms with Gasteiger partial charge in [0, 0.05) is 17.0 Å². The lowest BCUT2D eigenvalue weighted by molar-refractivity contribution is 0.0993. The van der Waals surface area contributed by atoms with Gasteiger partial charge in [-0.05, 0) is 48.4 Å². The van der Waals surface area contributed by atoms with Crippen molar-refractivity contribution in [2.75, 3.05) is 6.61 Å². The van der Waals surface area contributed by atoms with Crippen molar-refractivity contribution in [3.63, 3.8) is 0 Å². The molecule has 2 aromatic rings. The molecule has 0 aliphatic rings. The molecule has 20 heavy (non-hydrogen) atoms. The first-order valence-electron chi connectivity index (χ1n) is 6.69. The van der Waals surface area contributed by atoms with Crippen molar-refractivity contribution in [2.24, 2.45) is 0 Å². The van der Waals surface area contributed by atoms with Crippen LogP contribution in [0.3, 0.4) is 0 Å². The first-order chi connectivity index (χ1) is 9.69. The van der Waals surface area contributed by atoms with E-state index in [1.165, 1.54) is 0 Å². The van der Waals surface area contributed by atoms with Crippen molar-refractivity contribution in [3.05, 3.63) is 64.7 Å². The SMILES string of the molecule is CCCOc1ccc(C(=O)Cc2cccc(Cl)c2)cc1. The van der Waals surface area contributed by atoms with E-state index in [0.717, 1.165) is 17.7 Å². The van der Waals surface area contributed by atoms with Crippen LogP contribution in [0.15, 0.2) is 48.5 Å². The maximum absolute atomic E-state index is 12.2. The average molecular weight is 289 g/mol. The summed E-state index contributed by atoms with van der Waals surface area (Å²) in [6.07, 6.45) is 1.32. The van der Waals surface area contributed by atoms with Crippen LogP contribution < -0.4 is 4.74 Å². The predicted octanol–water partition coefficient (Wildman–Crippen LogP) is 4.55. The Labute approximate surface area is 124 Å². The van der Waals surface area contributed by atoms with Crippen molar-refractivity contribution < 1.29 is 9.53 Å². The van der Waals surface area contributed by atoms with Crippen LogP contribution in [0.4, 0.5) is 0 Å². The van der Waals surface area contributed by atoms with Crippen LogP contribution in [-0.4, -0.2) is 12.4 Å². The van der Waals surface area contributed by atoms with Crippen LogP contribution in [0.25, 0.3) is 0 Å². The second-order valence-electron chi connectivity index (χ2n) is 4.60. The summed E-state index contributed by atoms with van der Waals surface area (Å²) in [4.78, 5) is 12.2. The summed E-state index contributed by atoms with van der Waals surface area (Å²) in [5, 5.41) is 0.651. The van der Waals surface area contributed by atoms with Crippen LogP contribution >= 0.6 is 11.6 Å². The molecule has 2 nitrogen and oxygen atoms in total. The summed E-state index contributed by atoms with van der Waals surface area (Å²) in [6.45, 7) is 2.75. The molecule has 104 valence electrons. The van der Waals surface area contributed by atoms with E-state index in [9.17, 15) is 4.79 Å². The fraction of sp³-hybridized carbons (Fsp3) is 0.235. The summed E-state index contributed by atoms with van der Waals surface area (Å²) in [5.41, 5.74) is 1.61. The van der Waals surface area contributed by atoms with Gasteiger partial charge in [-0.25, -0.2) is 0 Å². The van der Waals surface area contributed by atoms with Gasteiger partial charge in [0.15, 0.2) is 5.78 Å². The lowest BCUT2D eigenvalue weighted by Crippen LogP contribution is -2.03. The van der Waals surface area contributed by atoms with E-state index in [1.807, 2.05) is 30.3 Å². The molecule has 0 radical (unpaired) electrons. The Morgan fingerprint density at radius 3 is 2.55 bits per heavy atom. The Bertz CT molecular complexity index is 576. The number of carbonyl (C=O) groups excluding carboxylic acids is 1. The summed E-state index contributed by atoms with van der Waals surface area (Å²) in [6, 6.07) is 14.7. The zero-order valence-corrected chi connectivity index (χ0v) is 12.2. The topological polar surface area (TPSA) is 26.3 Å². The Morgan fingerprint density at radius 2 is 1.90 bits per heavy atom. The van der Waals surface area contributed by atoms with Gasteiger partial charge < -0.3 is 4.74 Å². The Balaban J connectivity index is 2.02. The number of ketones is 1. The zero-order valence-electron chi connectivity index (χ0n) is 11.4. The third-order valence-electron chi connectivity index (χ3n) is 2.90. The number of hydrogen-bond acceptors (Lipinski definition) is 2. The maximum Gasteiger partial charge on any atom is 0.167 e. The molecule has 0 spiro atoms. The fourth-order valence-corrected chi connectivity index (χ4v) is 2.10. The van der Waals surface area contributed by atoms with Crippen molar-refractivity contribution in [1.82, 2.24) is 0 Å². The molecule has 0 aliphatic carbocycles. The van der Waals surface area contributed by atoms with Gasteiger partial charge in [-0.3, -0.25) is 4.79 Å². The summed E-state index contributed by atoms with van der Waals surface area (Å²) < 4.78 is 5.50. The van der Waals surface area contributed by atoms with E-state index in [2.05, 4.69) is 6.92 Å². The van der Waals surface area contributed by atoms with Crippen LogP contribution in [-0.2, 0) is 6.42 Å². The van der Waals surface area contributed by atoms with Crippen LogP contribution in [0, 0.1) is 0 Å². The molecular formula is C17H17ClO2. The maximum atomic E-state index is 12.2. The molecule has 0 unspecified atom stereocenters. The highest BCUT2D eigenvalue weighted by Gasteiger charge is 2.07. The largest absolute Gasteiger partial charge is 0.494 e. The monoisotopic (exact) mass is 288 g/mol. The van der Waals surface area contributed by atoms with Gasteiger partial charge in [0.25, 0.3) is 0 Å². The molecule has 2 aromatic carbocycles. The minimum atomic E-state index is 0.0781. The molecule has 0 atom stereocenters. The van der Waals surface area contributed by atoms with Crippen molar-refractivity contribution in [2.45, 2.75) is 19.8 Å². The van der Waals surface area contributed by atoms with Gasteiger partial charge in [-0.15, -0.1) is 0 Å². The zero-order chi connectivity index (χ0) is 14.4. The molecule has 2 rings (SSSR count). The minimum Gasteiger partial charge on any atom is -0.494 e. The second kappa shape index (κ2) is 7.11. The molecule has 3 heteroatoms. The third kappa shape index (κ3) is 4.10. The molecule has 0 aromatic heterocycles. The smallest absolute Gasteiger partial charge is 0.167 e. The second-order valence-corrected chi connectivity index (χ2v) is 5.04. The van der Waals surface area contributed by atoms with Gasteiger partial charge in [-0.1, -0.05) is 30.7 Å². The highest BCUT2D eigenvalue weighted by molar-refractivity contribution is 6.30. The molecule has 0 heterocycles. The van der Waals surface area contributed by atoms with E-state index in [0.29, 0.717) is 23.6 Å². The first kappa shape index (κ1) is 14.6. The summed E-state index contributed by atoms with van der Waals surface area (Å²) >= 11 is 5.92. The molecule has 0 amide bonds. The standard InChI is InChI=1S/C17H17ClO2/c1-2-10-20-16-8-6-14(7-9-16)17(19)12-13-4-3-5-15(18)11-13/h3-9,11H,2,10,12H2,1H3. The summed E-state index contributed by atoms with van der Waals surface area (Å²) in [7, 11) is 0. The molecule has 0 saturated heterocycles. The molecule has 0 fully saturated rings. The fourth-order valence-electron chi connectivity index (χ4n) is 1.89. The molecule has 0 aliphatic heterocycles. The highest BCUT2D eigenvalue weighted by atomic mass is 35.5. The number of rotatable bonds is 6. The molecule has 0 N–H and O–H groups in total. The predicted molar refractivity (Wildman–Crippen MR) is 81.7 cm³/mol. The number of ether oxygens (including phenoxy) is 1. The van der Waals surface area contributed by atoms with Gasteiger partial charge in [0.1, 0.15) is 5.75 Å². The normalized spacial score (nSPS) is 10.3. The lowest BCUT2D eigenvalue weighted by atomic mass is 10.0. The van der Waals surface area contributed by atoms with E-state index >= 15 is 0 Å². The van der Waals surface area contributed by atoms with Crippen LogP contribution in [0.5, 0.6) is 5.75 Å². The minimum absolute atomic E-state index is 0.0781. The van der Waals surface area contributed by atoms with Gasteiger partial charge in [0.2, 0.25) is 0 Å². The number of Topliss-reactive ketones (excluding diaryl/α,β-unsaturated/α-hetero) is 1. The highest BCUT2D eigenvalue weighted by Crippen LogP contribution is 2.16. The van der Waals surface area contributed by atoms with Gasteiger partial charge >= 0.3 is 0 Å². The number of benzene rings is 2. The average Bonchev–Trinajstić information content (AvgIpc) is 2.45. The van der Waals surface area contributed by atoms with Gasteiger partial charge in [-0.2, -0.15) is 0 Å².